The van der Waals surface area contributed by atoms with Gasteiger partial charge in [-0.1, -0.05) is 42.5 Å². The summed E-state index contributed by atoms with van der Waals surface area (Å²) in [6.45, 7) is 6.09. The van der Waals surface area contributed by atoms with E-state index in [0.29, 0.717) is 49.7 Å². The zero-order valence-electron chi connectivity index (χ0n) is 25.3. The van der Waals surface area contributed by atoms with Crippen LogP contribution < -0.4 is 20.5 Å². The predicted molar refractivity (Wildman–Crippen MR) is 185 cm³/mol. The highest BCUT2D eigenvalue weighted by Gasteiger charge is 2.23. The van der Waals surface area contributed by atoms with Crippen molar-refractivity contribution in [1.29, 1.82) is 0 Å². The van der Waals surface area contributed by atoms with Gasteiger partial charge in [-0.15, -0.1) is 11.3 Å². The molecule has 0 aliphatic carbocycles. The average molecular weight is 632 g/mol. The minimum absolute atomic E-state index is 0.0399. The summed E-state index contributed by atoms with van der Waals surface area (Å²) >= 11 is 1.68. The van der Waals surface area contributed by atoms with Crippen LogP contribution >= 0.6 is 11.3 Å². The number of thiophene rings is 1. The first-order valence-corrected chi connectivity index (χ1v) is 16.5. The molecule has 9 nitrogen and oxygen atoms in total. The second kappa shape index (κ2) is 12.2. The number of piperazine rings is 1. The minimum Gasteiger partial charge on any atom is -0.440 e. The number of para-hydroxylation sites is 1. The summed E-state index contributed by atoms with van der Waals surface area (Å²) in [5.74, 6) is 1.49. The van der Waals surface area contributed by atoms with E-state index < -0.39 is 0 Å². The van der Waals surface area contributed by atoms with Crippen molar-refractivity contribution in [2.75, 3.05) is 74.1 Å². The van der Waals surface area contributed by atoms with Crippen LogP contribution in [0.15, 0.2) is 94.3 Å². The molecule has 2 saturated heterocycles. The molecule has 0 radical (unpaired) electrons. The van der Waals surface area contributed by atoms with Crippen LogP contribution in [0.2, 0.25) is 0 Å². The maximum Gasteiger partial charge on any atom is 0.238 e. The standard InChI is InChI=1S/C36H33N5O4S/c42-29-22-33(41-18-20-44-21-19-41)45-35-24(7-5-8-26(29)35)25-11-12-28(34-27-6-1-2-9-30(27)46-36(25)34)38-32(43)23-39-14-16-40(17-15-39)31-10-3-4-13-37-31/h1-13,22H,14-21,23H2,(H,38,43). The number of benzene rings is 3. The van der Waals surface area contributed by atoms with Gasteiger partial charge in [-0.25, -0.2) is 4.98 Å². The number of morpholine rings is 1. The zero-order chi connectivity index (χ0) is 31.0. The van der Waals surface area contributed by atoms with Gasteiger partial charge >= 0.3 is 0 Å². The van der Waals surface area contributed by atoms with Crippen molar-refractivity contribution in [3.05, 3.63) is 95.3 Å². The van der Waals surface area contributed by atoms with Gasteiger partial charge in [0.05, 0.1) is 30.8 Å². The van der Waals surface area contributed by atoms with Crippen LogP contribution in [0.25, 0.3) is 42.3 Å². The monoisotopic (exact) mass is 631 g/mol. The number of carbonyl (C=O) groups is 1. The summed E-state index contributed by atoms with van der Waals surface area (Å²) in [6, 6.07) is 25.6. The van der Waals surface area contributed by atoms with Crippen LogP contribution in [0.1, 0.15) is 0 Å². The molecule has 0 saturated carbocycles. The first-order chi connectivity index (χ1) is 22.6. The lowest BCUT2D eigenvalue weighted by atomic mass is 9.99. The van der Waals surface area contributed by atoms with E-state index in [9.17, 15) is 9.59 Å². The molecule has 232 valence electrons. The summed E-state index contributed by atoms with van der Waals surface area (Å²) in [4.78, 5) is 37.7. The third-order valence-electron chi connectivity index (χ3n) is 8.87. The lowest BCUT2D eigenvalue weighted by Crippen LogP contribution is -2.48. The Balaban J connectivity index is 1.12. The Morgan fingerprint density at radius 2 is 1.63 bits per heavy atom. The first kappa shape index (κ1) is 28.7. The molecule has 1 amide bonds. The molecule has 0 bridgehead atoms. The van der Waals surface area contributed by atoms with Crippen molar-refractivity contribution in [3.63, 3.8) is 0 Å². The molecule has 0 atom stereocenters. The van der Waals surface area contributed by atoms with Gasteiger partial charge in [-0.2, -0.15) is 0 Å². The van der Waals surface area contributed by atoms with E-state index in [1.54, 1.807) is 17.4 Å². The number of rotatable bonds is 6. The molecule has 5 heterocycles. The number of pyridine rings is 1. The third kappa shape index (κ3) is 5.38. The number of nitrogens with zero attached hydrogens (tertiary/aromatic N) is 4. The van der Waals surface area contributed by atoms with Crippen LogP contribution in [-0.4, -0.2) is 74.8 Å². The summed E-state index contributed by atoms with van der Waals surface area (Å²) in [6.07, 6.45) is 1.81. The highest BCUT2D eigenvalue weighted by molar-refractivity contribution is 7.26. The van der Waals surface area contributed by atoms with E-state index in [4.69, 9.17) is 9.15 Å². The first-order valence-electron chi connectivity index (χ1n) is 15.6. The smallest absolute Gasteiger partial charge is 0.238 e. The van der Waals surface area contributed by atoms with Crippen molar-refractivity contribution in [1.82, 2.24) is 9.88 Å². The van der Waals surface area contributed by atoms with E-state index in [0.717, 1.165) is 69.0 Å². The van der Waals surface area contributed by atoms with Crippen molar-refractivity contribution < 1.29 is 13.9 Å². The van der Waals surface area contributed by atoms with Crippen molar-refractivity contribution >= 4 is 65.8 Å². The topological polar surface area (TPSA) is 91.2 Å². The molecule has 46 heavy (non-hydrogen) atoms. The quantitative estimate of drug-likeness (QED) is 0.246. The zero-order valence-corrected chi connectivity index (χ0v) is 26.1. The van der Waals surface area contributed by atoms with Gasteiger partial charge in [0, 0.05) is 82.8 Å². The van der Waals surface area contributed by atoms with E-state index in [2.05, 4.69) is 37.1 Å². The van der Waals surface area contributed by atoms with E-state index in [1.165, 1.54) is 0 Å². The van der Waals surface area contributed by atoms with Crippen LogP contribution in [0, 0.1) is 0 Å². The molecule has 8 rings (SSSR count). The number of amides is 1. The Bertz CT molecular complexity index is 2110. The number of nitrogens with one attached hydrogen (secondary N) is 1. The van der Waals surface area contributed by atoms with Gasteiger partial charge in [0.15, 0.2) is 11.3 Å². The summed E-state index contributed by atoms with van der Waals surface area (Å²) in [5.41, 5.74) is 3.10. The van der Waals surface area contributed by atoms with Gasteiger partial charge in [-0.3, -0.25) is 14.5 Å². The van der Waals surface area contributed by atoms with Crippen LogP contribution in [0.5, 0.6) is 0 Å². The maximum atomic E-state index is 13.5. The molecule has 2 fully saturated rings. The fourth-order valence-corrected chi connectivity index (χ4v) is 7.79. The molecule has 2 aliphatic heterocycles. The molecule has 1 N–H and O–H groups in total. The normalized spacial score (nSPS) is 16.0. The lowest BCUT2D eigenvalue weighted by Gasteiger charge is -2.34. The number of carbonyl (C=O) groups excluding carboxylic acids is 1. The number of ether oxygens (including phenoxy) is 1. The number of fused-ring (bicyclic) bond motifs is 4. The fourth-order valence-electron chi connectivity index (χ4n) is 6.53. The number of aromatic nitrogens is 1. The van der Waals surface area contributed by atoms with E-state index in [-0.39, 0.29) is 11.3 Å². The van der Waals surface area contributed by atoms with E-state index in [1.807, 2.05) is 66.9 Å². The molecular formula is C36H33N5O4S. The second-order valence-electron chi connectivity index (χ2n) is 11.7. The van der Waals surface area contributed by atoms with Crippen LogP contribution in [0.4, 0.5) is 17.4 Å². The second-order valence-corrected chi connectivity index (χ2v) is 12.7. The minimum atomic E-state index is -0.0677. The highest BCUT2D eigenvalue weighted by atomic mass is 32.1. The van der Waals surface area contributed by atoms with Crippen LogP contribution in [-0.2, 0) is 9.53 Å². The number of hydrogen-bond donors (Lipinski definition) is 1. The maximum absolute atomic E-state index is 13.5. The molecule has 6 aromatic rings. The Morgan fingerprint density at radius 3 is 2.46 bits per heavy atom. The molecule has 10 heteroatoms. The summed E-state index contributed by atoms with van der Waals surface area (Å²) in [5, 5.41) is 5.86. The van der Waals surface area contributed by atoms with E-state index >= 15 is 0 Å². The van der Waals surface area contributed by atoms with Crippen molar-refractivity contribution in [2.24, 2.45) is 0 Å². The number of hydrogen-bond acceptors (Lipinski definition) is 9. The summed E-state index contributed by atoms with van der Waals surface area (Å²) < 4.78 is 14.2. The lowest BCUT2D eigenvalue weighted by molar-refractivity contribution is -0.117. The molecular weight excluding hydrogens is 598 g/mol. The molecule has 3 aromatic heterocycles. The van der Waals surface area contributed by atoms with Gasteiger partial charge < -0.3 is 24.3 Å². The Labute approximate surface area is 269 Å². The molecule has 0 spiro atoms. The summed E-state index contributed by atoms with van der Waals surface area (Å²) in [7, 11) is 0. The number of anilines is 3. The van der Waals surface area contributed by atoms with Crippen molar-refractivity contribution in [2.45, 2.75) is 0 Å². The van der Waals surface area contributed by atoms with Gasteiger partial charge in [0.25, 0.3) is 0 Å². The molecule has 0 unspecified atom stereocenters. The molecule has 2 aliphatic rings. The highest BCUT2D eigenvalue weighted by Crippen LogP contribution is 2.45. The molecule has 3 aromatic carbocycles. The Hall–Kier alpha value is -4.77. The Kier molecular flexibility index (Phi) is 7.61. The van der Waals surface area contributed by atoms with Gasteiger partial charge in [0.2, 0.25) is 5.91 Å². The van der Waals surface area contributed by atoms with Crippen molar-refractivity contribution in [3.8, 4) is 11.1 Å². The Morgan fingerprint density at radius 1 is 0.826 bits per heavy atom. The SMILES string of the molecule is O=C(CN1CCN(c2ccccn2)CC1)Nc1ccc(-c2cccc3c(=O)cc(N4CCOCC4)oc23)c2sc3ccccc3c12. The predicted octanol–water partition coefficient (Wildman–Crippen LogP) is 5.82. The third-order valence-corrected chi connectivity index (χ3v) is 10.1. The fraction of sp³-hybridized carbons (Fsp3) is 0.250. The average Bonchev–Trinajstić information content (AvgIpc) is 3.50. The largest absolute Gasteiger partial charge is 0.440 e. The van der Waals surface area contributed by atoms with Crippen LogP contribution in [0.3, 0.4) is 0 Å². The van der Waals surface area contributed by atoms with Gasteiger partial charge in [0.1, 0.15) is 11.4 Å². The van der Waals surface area contributed by atoms with Gasteiger partial charge in [-0.05, 0) is 30.3 Å².